The number of likely N-dealkylation sites (N-methyl/N-ethyl adjacent to an activating group) is 1. The number of nitrogens with zero attached hydrogens (tertiary/aromatic N) is 1. The lowest BCUT2D eigenvalue weighted by Crippen LogP contribution is -2.37. The van der Waals surface area contributed by atoms with Crippen LogP contribution in [-0.2, 0) is 16.1 Å². The Balaban J connectivity index is 0.00000288. The van der Waals surface area contributed by atoms with Crippen molar-refractivity contribution >= 4 is 35.1 Å². The zero-order valence-electron chi connectivity index (χ0n) is 13.6. The second-order valence-electron chi connectivity index (χ2n) is 5.39. The number of aliphatic carboxylic acids is 1. The third kappa shape index (κ3) is 5.72. The second-order valence-corrected chi connectivity index (χ2v) is 5.39. The summed E-state index contributed by atoms with van der Waals surface area (Å²) in [7, 11) is 3.46. The maximum atomic E-state index is 11.6. The maximum Gasteiger partial charge on any atom is 0.322 e. The number of hydrogen-bond donors (Lipinski definition) is 2. The average molecular weight is 353 g/mol. The van der Waals surface area contributed by atoms with Gasteiger partial charge < -0.3 is 15.2 Å². The largest absolute Gasteiger partial charge is 0.497 e. The predicted octanol–water partition coefficient (Wildman–Crippen LogP) is 1.90. The molecule has 2 N–H and O–H groups in total. The summed E-state index contributed by atoms with van der Waals surface area (Å²) in [6, 6.07) is 12.0. The molecule has 2 rings (SSSR count). The van der Waals surface area contributed by atoms with Crippen molar-refractivity contribution in [2.75, 3.05) is 27.2 Å². The lowest BCUT2D eigenvalue weighted by Gasteiger charge is -2.16. The number of benzene rings is 2. The molecule has 2 aromatic carbocycles. The van der Waals surface area contributed by atoms with E-state index < -0.39 is 5.97 Å². The molecule has 0 radical (unpaired) electrons. The molecule has 0 saturated carbocycles. The molecule has 0 fully saturated rings. The molecule has 0 atom stereocenters. The number of methoxy groups -OCH3 is 1. The fraction of sp³-hybridized carbons (Fsp3) is 0.294. The fourth-order valence-electron chi connectivity index (χ4n) is 2.34. The summed E-state index contributed by atoms with van der Waals surface area (Å²) in [6.07, 6.45) is 0. The van der Waals surface area contributed by atoms with Gasteiger partial charge in [-0.3, -0.25) is 14.5 Å². The van der Waals surface area contributed by atoms with E-state index in [0.29, 0.717) is 6.54 Å². The van der Waals surface area contributed by atoms with Gasteiger partial charge in [0.05, 0.1) is 13.7 Å². The summed E-state index contributed by atoms with van der Waals surface area (Å²) < 4.78 is 5.21. The topological polar surface area (TPSA) is 78.9 Å². The number of fused-ring (bicyclic) bond motifs is 1. The van der Waals surface area contributed by atoms with Gasteiger partial charge in [0.15, 0.2) is 0 Å². The highest BCUT2D eigenvalue weighted by atomic mass is 35.5. The Kier molecular flexibility index (Phi) is 7.48. The van der Waals surface area contributed by atoms with E-state index in [1.165, 1.54) is 0 Å². The molecule has 0 heterocycles. The SMILES string of the molecule is COc1ccc2cc(CN(C)CC(=O)NCC(=O)O)ccc2c1.Cl. The van der Waals surface area contributed by atoms with Crippen molar-refractivity contribution in [2.45, 2.75) is 6.54 Å². The smallest absolute Gasteiger partial charge is 0.322 e. The van der Waals surface area contributed by atoms with Crippen LogP contribution in [0.2, 0.25) is 0 Å². The molecular formula is C17H21ClN2O4. The minimum Gasteiger partial charge on any atom is -0.497 e. The van der Waals surface area contributed by atoms with Gasteiger partial charge >= 0.3 is 5.97 Å². The number of carboxylic acid groups (broad SMARTS) is 1. The van der Waals surface area contributed by atoms with Gasteiger partial charge in [0.1, 0.15) is 12.3 Å². The predicted molar refractivity (Wildman–Crippen MR) is 94.7 cm³/mol. The van der Waals surface area contributed by atoms with Gasteiger partial charge in [0.25, 0.3) is 0 Å². The van der Waals surface area contributed by atoms with Crippen LogP contribution in [0.15, 0.2) is 36.4 Å². The van der Waals surface area contributed by atoms with Crippen LogP contribution in [-0.4, -0.2) is 49.1 Å². The molecule has 24 heavy (non-hydrogen) atoms. The summed E-state index contributed by atoms with van der Waals surface area (Å²) in [5, 5.41) is 13.1. The van der Waals surface area contributed by atoms with Crippen LogP contribution >= 0.6 is 12.4 Å². The van der Waals surface area contributed by atoms with Crippen LogP contribution in [0.4, 0.5) is 0 Å². The van der Waals surface area contributed by atoms with E-state index >= 15 is 0 Å². The van der Waals surface area contributed by atoms with Crippen molar-refractivity contribution in [3.63, 3.8) is 0 Å². The highest BCUT2D eigenvalue weighted by Gasteiger charge is 2.09. The molecule has 0 bridgehead atoms. The van der Waals surface area contributed by atoms with Crippen LogP contribution < -0.4 is 10.1 Å². The molecule has 0 saturated heterocycles. The number of carbonyl (C=O) groups excluding carboxylic acids is 1. The highest BCUT2D eigenvalue weighted by Crippen LogP contribution is 2.22. The van der Waals surface area contributed by atoms with Crippen LogP contribution in [0, 0.1) is 0 Å². The lowest BCUT2D eigenvalue weighted by molar-refractivity contribution is -0.138. The van der Waals surface area contributed by atoms with E-state index in [0.717, 1.165) is 22.1 Å². The summed E-state index contributed by atoms with van der Waals surface area (Å²) in [6.45, 7) is 0.390. The Morgan fingerprint density at radius 3 is 2.50 bits per heavy atom. The van der Waals surface area contributed by atoms with Crippen molar-refractivity contribution < 1.29 is 19.4 Å². The van der Waals surface area contributed by atoms with E-state index in [9.17, 15) is 9.59 Å². The minimum absolute atomic E-state index is 0. The monoisotopic (exact) mass is 352 g/mol. The number of rotatable bonds is 7. The van der Waals surface area contributed by atoms with Crippen LogP contribution in [0.3, 0.4) is 0 Å². The van der Waals surface area contributed by atoms with Gasteiger partial charge in [-0.05, 0) is 41.6 Å². The summed E-state index contributed by atoms with van der Waals surface area (Å²) in [5.74, 6) is -0.538. The first-order chi connectivity index (χ1) is 11.0. The Hall–Kier alpha value is -2.31. The Bertz CT molecular complexity index is 721. The molecule has 130 valence electrons. The average Bonchev–Trinajstić information content (AvgIpc) is 2.52. The van der Waals surface area contributed by atoms with Gasteiger partial charge in [0.2, 0.25) is 5.91 Å². The van der Waals surface area contributed by atoms with Crippen molar-refractivity contribution in [2.24, 2.45) is 0 Å². The number of carbonyl (C=O) groups is 2. The number of hydrogen-bond acceptors (Lipinski definition) is 4. The standard InChI is InChI=1S/C17H20N2O4.ClH/c1-19(11-16(20)18-9-17(21)22)10-12-3-4-14-8-15(23-2)6-5-13(14)7-12;/h3-8H,9-11H2,1-2H3,(H,18,20)(H,21,22);1H. The van der Waals surface area contributed by atoms with E-state index in [4.69, 9.17) is 9.84 Å². The van der Waals surface area contributed by atoms with Gasteiger partial charge in [-0.15, -0.1) is 12.4 Å². The van der Waals surface area contributed by atoms with Gasteiger partial charge in [-0.25, -0.2) is 0 Å². The quantitative estimate of drug-likeness (QED) is 0.795. The second kappa shape index (κ2) is 9.10. The number of ether oxygens (including phenoxy) is 1. The third-order valence-electron chi connectivity index (χ3n) is 3.41. The first-order valence-corrected chi connectivity index (χ1v) is 7.21. The molecule has 0 aliphatic carbocycles. The lowest BCUT2D eigenvalue weighted by atomic mass is 10.1. The van der Waals surface area contributed by atoms with Gasteiger partial charge in [-0.2, -0.15) is 0 Å². The number of amides is 1. The van der Waals surface area contributed by atoms with E-state index in [1.807, 2.05) is 42.3 Å². The van der Waals surface area contributed by atoms with Crippen molar-refractivity contribution in [3.05, 3.63) is 42.0 Å². The molecule has 7 heteroatoms. The summed E-state index contributed by atoms with van der Waals surface area (Å²) >= 11 is 0. The number of carboxylic acids is 1. The Morgan fingerprint density at radius 1 is 1.17 bits per heavy atom. The van der Waals surface area contributed by atoms with E-state index in [2.05, 4.69) is 11.4 Å². The van der Waals surface area contributed by atoms with Gasteiger partial charge in [0, 0.05) is 6.54 Å². The van der Waals surface area contributed by atoms with Crippen molar-refractivity contribution in [3.8, 4) is 5.75 Å². The third-order valence-corrected chi connectivity index (χ3v) is 3.41. The first-order valence-electron chi connectivity index (χ1n) is 7.21. The molecule has 0 aliphatic rings. The molecule has 2 aromatic rings. The van der Waals surface area contributed by atoms with Gasteiger partial charge in [-0.1, -0.05) is 18.2 Å². The fourth-order valence-corrected chi connectivity index (χ4v) is 2.34. The maximum absolute atomic E-state index is 11.6. The highest BCUT2D eigenvalue weighted by molar-refractivity contribution is 5.85. The number of halogens is 1. The zero-order chi connectivity index (χ0) is 16.8. The molecule has 6 nitrogen and oxygen atoms in total. The normalized spacial score (nSPS) is 10.3. The van der Waals surface area contributed by atoms with Crippen molar-refractivity contribution in [1.29, 1.82) is 0 Å². The van der Waals surface area contributed by atoms with Crippen LogP contribution in [0.1, 0.15) is 5.56 Å². The van der Waals surface area contributed by atoms with Crippen LogP contribution in [0.5, 0.6) is 5.75 Å². The molecule has 0 spiro atoms. The van der Waals surface area contributed by atoms with E-state index in [1.54, 1.807) is 7.11 Å². The summed E-state index contributed by atoms with van der Waals surface area (Å²) in [5.41, 5.74) is 1.08. The Morgan fingerprint density at radius 2 is 1.83 bits per heavy atom. The van der Waals surface area contributed by atoms with E-state index in [-0.39, 0.29) is 31.4 Å². The van der Waals surface area contributed by atoms with Crippen molar-refractivity contribution in [1.82, 2.24) is 10.2 Å². The molecule has 0 aromatic heterocycles. The molecular weight excluding hydrogens is 332 g/mol. The zero-order valence-corrected chi connectivity index (χ0v) is 14.4. The molecule has 0 unspecified atom stereocenters. The minimum atomic E-state index is -1.05. The number of nitrogens with one attached hydrogen (secondary N) is 1. The Labute approximate surface area is 146 Å². The molecule has 1 amide bonds. The molecule has 0 aliphatic heterocycles. The van der Waals surface area contributed by atoms with Crippen LogP contribution in [0.25, 0.3) is 10.8 Å². The summed E-state index contributed by atoms with van der Waals surface area (Å²) in [4.78, 5) is 23.8. The first kappa shape index (κ1) is 19.7.